The number of benzene rings is 2. The van der Waals surface area contributed by atoms with E-state index < -0.39 is 0 Å². The van der Waals surface area contributed by atoms with E-state index in [2.05, 4.69) is 83.1 Å². The van der Waals surface area contributed by atoms with E-state index in [0.29, 0.717) is 5.78 Å². The monoisotopic (exact) mass is 469 g/mol. The van der Waals surface area contributed by atoms with Gasteiger partial charge in [0.25, 0.3) is 0 Å². The van der Waals surface area contributed by atoms with E-state index in [0.717, 1.165) is 43.7 Å². The van der Waals surface area contributed by atoms with Gasteiger partial charge in [-0.05, 0) is 68.4 Å². The maximum atomic E-state index is 11.1. The Hall–Kier alpha value is -2.24. The van der Waals surface area contributed by atoms with Crippen molar-refractivity contribution in [2.24, 2.45) is 5.92 Å². The van der Waals surface area contributed by atoms with E-state index in [9.17, 15) is 4.79 Å². The van der Waals surface area contributed by atoms with Crippen LogP contribution in [0.3, 0.4) is 0 Å². The van der Waals surface area contributed by atoms with E-state index in [1.165, 1.54) is 40.8 Å². The molecule has 1 N–H and O–H groups in total. The molecule has 1 unspecified atom stereocenters. The second-order valence-electron chi connectivity index (χ2n) is 8.58. The normalized spacial score (nSPS) is 10.8. The van der Waals surface area contributed by atoms with Crippen LogP contribution in [-0.2, 0) is 17.8 Å². The number of hydrogen-bond donors (Lipinski definition) is 1. The highest BCUT2D eigenvalue weighted by Gasteiger charge is 2.08. The van der Waals surface area contributed by atoms with Crippen molar-refractivity contribution in [3.63, 3.8) is 0 Å². The topological polar surface area (TPSA) is 29.1 Å². The molecule has 2 rings (SSSR count). The minimum absolute atomic E-state index is 0.284. The standard InChI is InChI=1S/C19H24ClN.C9H18O.C2H2/c1-4-5-6-16-8-9-18(20)17(12-16)13-21-19-10-7-14(2)11-15(19)3;1-4-6-7-9(10)8(3)5-2;1-2/h7-12,21H,4-6,13H2,1-3H3;8H,4-7H2,1-3H3;1-2H. The van der Waals surface area contributed by atoms with Gasteiger partial charge >= 0.3 is 0 Å². The van der Waals surface area contributed by atoms with Crippen LogP contribution in [0.2, 0.25) is 5.02 Å². The molecule has 182 valence electrons. The first-order valence-electron chi connectivity index (χ1n) is 12.3. The van der Waals surface area contributed by atoms with Gasteiger partial charge in [-0.15, -0.1) is 12.8 Å². The van der Waals surface area contributed by atoms with Crippen molar-refractivity contribution < 1.29 is 4.79 Å². The molecule has 2 aromatic carbocycles. The number of hydrogen-bond acceptors (Lipinski definition) is 2. The summed E-state index contributed by atoms with van der Waals surface area (Å²) >= 11 is 6.32. The van der Waals surface area contributed by atoms with Crippen LogP contribution in [0, 0.1) is 32.6 Å². The largest absolute Gasteiger partial charge is 0.381 e. The number of carbonyl (C=O) groups is 1. The average Bonchev–Trinajstić information content (AvgIpc) is 2.83. The van der Waals surface area contributed by atoms with Crippen LogP contribution in [-0.4, -0.2) is 5.78 Å². The zero-order valence-electron chi connectivity index (χ0n) is 21.6. The Morgan fingerprint density at radius 2 is 1.67 bits per heavy atom. The molecule has 2 aromatic rings. The predicted molar refractivity (Wildman–Crippen MR) is 147 cm³/mol. The highest BCUT2D eigenvalue weighted by molar-refractivity contribution is 6.31. The third-order valence-corrected chi connectivity index (χ3v) is 6.09. The number of rotatable bonds is 11. The van der Waals surface area contributed by atoms with Gasteiger partial charge in [-0.25, -0.2) is 0 Å². The number of terminal acetylenes is 1. The van der Waals surface area contributed by atoms with Gasteiger partial charge in [-0.2, -0.15) is 0 Å². The quantitative estimate of drug-likeness (QED) is 0.332. The summed E-state index contributed by atoms with van der Waals surface area (Å²) < 4.78 is 0. The molecule has 0 aliphatic carbocycles. The fourth-order valence-electron chi connectivity index (χ4n) is 3.33. The van der Waals surface area contributed by atoms with Crippen LogP contribution in [0.5, 0.6) is 0 Å². The smallest absolute Gasteiger partial charge is 0.135 e. The molecule has 0 amide bonds. The molecule has 0 saturated heterocycles. The summed E-state index contributed by atoms with van der Waals surface area (Å²) in [6.45, 7) is 13.4. The third kappa shape index (κ3) is 12.5. The Bertz CT molecular complexity index is 840. The molecule has 1 atom stereocenters. The van der Waals surface area contributed by atoms with Crippen molar-refractivity contribution in [2.45, 2.75) is 93.0 Å². The van der Waals surface area contributed by atoms with E-state index >= 15 is 0 Å². The summed E-state index contributed by atoms with van der Waals surface area (Å²) in [5, 5.41) is 4.34. The summed E-state index contributed by atoms with van der Waals surface area (Å²) in [7, 11) is 0. The Morgan fingerprint density at radius 1 is 1.00 bits per heavy atom. The summed E-state index contributed by atoms with van der Waals surface area (Å²) in [4.78, 5) is 11.1. The highest BCUT2D eigenvalue weighted by Crippen LogP contribution is 2.22. The minimum atomic E-state index is 0.284. The summed E-state index contributed by atoms with van der Waals surface area (Å²) in [5.74, 6) is 0.718. The molecule has 0 saturated carbocycles. The van der Waals surface area contributed by atoms with Crippen molar-refractivity contribution in [2.75, 3.05) is 5.32 Å². The Labute approximate surface area is 208 Å². The first-order valence-corrected chi connectivity index (χ1v) is 12.6. The number of halogens is 1. The Morgan fingerprint density at radius 3 is 2.24 bits per heavy atom. The van der Waals surface area contributed by atoms with Crippen LogP contribution in [0.25, 0.3) is 0 Å². The molecule has 3 heteroatoms. The first kappa shape index (κ1) is 30.8. The number of carbonyl (C=O) groups excluding carboxylic acids is 1. The number of ketones is 1. The second-order valence-corrected chi connectivity index (χ2v) is 8.99. The minimum Gasteiger partial charge on any atom is -0.381 e. The zero-order chi connectivity index (χ0) is 25.2. The molecule has 33 heavy (non-hydrogen) atoms. The first-order chi connectivity index (χ1) is 15.8. The molecule has 0 spiro atoms. The molecular formula is C30H44ClNO. The van der Waals surface area contributed by atoms with Gasteiger partial charge < -0.3 is 5.32 Å². The molecule has 0 bridgehead atoms. The van der Waals surface area contributed by atoms with E-state index in [1.54, 1.807) is 0 Å². The molecule has 0 aliphatic heterocycles. The summed E-state index contributed by atoms with van der Waals surface area (Å²) in [5.41, 5.74) is 6.28. The maximum Gasteiger partial charge on any atom is 0.135 e. The lowest BCUT2D eigenvalue weighted by Gasteiger charge is -2.12. The van der Waals surface area contributed by atoms with Crippen LogP contribution in [0.15, 0.2) is 36.4 Å². The lowest BCUT2D eigenvalue weighted by atomic mass is 9.99. The molecule has 0 radical (unpaired) electrons. The van der Waals surface area contributed by atoms with E-state index in [1.807, 2.05) is 13.0 Å². The van der Waals surface area contributed by atoms with Crippen LogP contribution < -0.4 is 5.32 Å². The second kappa shape index (κ2) is 18.2. The Balaban J connectivity index is 0.000000722. The molecule has 0 heterocycles. The summed E-state index contributed by atoms with van der Waals surface area (Å²) in [6.07, 6.45) is 15.5. The molecule has 0 fully saturated rings. The number of nitrogens with one attached hydrogen (secondary N) is 1. The van der Waals surface area contributed by atoms with E-state index in [-0.39, 0.29) is 5.92 Å². The number of Topliss-reactive ketones (excluding diaryl/α,β-unsaturated/α-hetero) is 1. The predicted octanol–water partition coefficient (Wildman–Crippen LogP) is 8.95. The van der Waals surface area contributed by atoms with Crippen molar-refractivity contribution in [3.05, 3.63) is 63.7 Å². The van der Waals surface area contributed by atoms with Crippen molar-refractivity contribution in [1.82, 2.24) is 0 Å². The fourth-order valence-corrected chi connectivity index (χ4v) is 3.51. The molecule has 2 nitrogen and oxygen atoms in total. The van der Waals surface area contributed by atoms with Crippen LogP contribution in [0.4, 0.5) is 5.69 Å². The SMILES string of the molecule is C#C.CCCCC(=O)C(C)CC.CCCCc1ccc(Cl)c(CNc2ccc(C)cc2C)c1. The van der Waals surface area contributed by atoms with Gasteiger partial charge in [0.15, 0.2) is 0 Å². The average molecular weight is 470 g/mol. The summed E-state index contributed by atoms with van der Waals surface area (Å²) in [6, 6.07) is 12.9. The van der Waals surface area contributed by atoms with Gasteiger partial charge in [-0.3, -0.25) is 4.79 Å². The maximum absolute atomic E-state index is 11.1. The molecule has 0 aromatic heterocycles. The van der Waals surface area contributed by atoms with Gasteiger partial charge in [-0.1, -0.05) is 82.0 Å². The zero-order valence-corrected chi connectivity index (χ0v) is 22.4. The van der Waals surface area contributed by atoms with Gasteiger partial charge in [0.05, 0.1) is 0 Å². The van der Waals surface area contributed by atoms with Crippen LogP contribution in [0.1, 0.15) is 88.5 Å². The third-order valence-electron chi connectivity index (χ3n) is 5.72. The van der Waals surface area contributed by atoms with Crippen molar-refractivity contribution in [3.8, 4) is 12.8 Å². The van der Waals surface area contributed by atoms with E-state index in [4.69, 9.17) is 11.6 Å². The number of unbranched alkanes of at least 4 members (excludes halogenated alkanes) is 2. The van der Waals surface area contributed by atoms with Gasteiger partial charge in [0.2, 0.25) is 0 Å². The molecular weight excluding hydrogens is 426 g/mol. The van der Waals surface area contributed by atoms with Gasteiger partial charge in [0.1, 0.15) is 5.78 Å². The molecule has 0 aliphatic rings. The van der Waals surface area contributed by atoms with Crippen LogP contribution >= 0.6 is 11.6 Å². The van der Waals surface area contributed by atoms with Crippen molar-refractivity contribution in [1.29, 1.82) is 0 Å². The van der Waals surface area contributed by atoms with Gasteiger partial charge in [0, 0.05) is 29.6 Å². The number of anilines is 1. The highest BCUT2D eigenvalue weighted by atomic mass is 35.5. The lowest BCUT2D eigenvalue weighted by Crippen LogP contribution is -2.08. The van der Waals surface area contributed by atoms with Crippen molar-refractivity contribution >= 4 is 23.1 Å². The number of aryl methyl sites for hydroxylation is 3. The fraction of sp³-hybridized carbons (Fsp3) is 0.500. The Kier molecular flexibility index (Phi) is 17.0. The lowest BCUT2D eigenvalue weighted by molar-refractivity contribution is -0.122.